The first-order chi connectivity index (χ1) is 10.1. The Labute approximate surface area is 127 Å². The number of benzene rings is 2. The zero-order valence-electron chi connectivity index (χ0n) is 11.1. The summed E-state index contributed by atoms with van der Waals surface area (Å²) in [6, 6.07) is 12.4. The molecule has 0 bridgehead atoms. The Kier molecular flexibility index (Phi) is 4.01. The standard InChI is InChI=1S/C15H14FNO2S2/c16-11-6-7-15-13(10-11)14(8-9-20-15)17-21(18,19)12-4-2-1-3-5-12/h1-7,10,14,17H,8-9H2/t14-/m1/s1. The maximum absolute atomic E-state index is 13.4. The molecular weight excluding hydrogens is 309 g/mol. The van der Waals surface area contributed by atoms with Gasteiger partial charge in [0.2, 0.25) is 10.0 Å². The van der Waals surface area contributed by atoms with E-state index in [0.717, 1.165) is 10.6 Å². The molecule has 0 spiro atoms. The summed E-state index contributed by atoms with van der Waals surface area (Å²) in [5, 5.41) is 0. The number of thioether (sulfide) groups is 1. The van der Waals surface area contributed by atoms with Crippen molar-refractivity contribution < 1.29 is 12.8 Å². The van der Waals surface area contributed by atoms with Gasteiger partial charge in [-0.05, 0) is 48.1 Å². The van der Waals surface area contributed by atoms with Crippen LogP contribution >= 0.6 is 11.8 Å². The molecule has 0 saturated heterocycles. The van der Waals surface area contributed by atoms with Gasteiger partial charge >= 0.3 is 0 Å². The van der Waals surface area contributed by atoms with Crippen LogP contribution in [0.3, 0.4) is 0 Å². The van der Waals surface area contributed by atoms with E-state index < -0.39 is 10.0 Å². The molecule has 0 saturated carbocycles. The van der Waals surface area contributed by atoms with Gasteiger partial charge < -0.3 is 0 Å². The summed E-state index contributed by atoms with van der Waals surface area (Å²) in [5.74, 6) is 0.459. The summed E-state index contributed by atoms with van der Waals surface area (Å²) >= 11 is 1.62. The van der Waals surface area contributed by atoms with Gasteiger partial charge in [-0.3, -0.25) is 0 Å². The molecule has 1 N–H and O–H groups in total. The number of rotatable bonds is 3. The largest absolute Gasteiger partial charge is 0.241 e. The zero-order chi connectivity index (χ0) is 14.9. The van der Waals surface area contributed by atoms with Crippen LogP contribution in [0.4, 0.5) is 4.39 Å². The van der Waals surface area contributed by atoms with Gasteiger partial charge in [0.05, 0.1) is 4.90 Å². The molecule has 1 aliphatic heterocycles. The minimum atomic E-state index is -3.60. The van der Waals surface area contributed by atoms with Crippen LogP contribution < -0.4 is 4.72 Å². The highest BCUT2D eigenvalue weighted by atomic mass is 32.2. The SMILES string of the molecule is O=S(=O)(N[C@@H]1CCSc2ccc(F)cc21)c1ccccc1. The van der Waals surface area contributed by atoms with Crippen LogP contribution in [0.1, 0.15) is 18.0 Å². The Morgan fingerprint density at radius 3 is 2.67 bits per heavy atom. The van der Waals surface area contributed by atoms with Crippen molar-refractivity contribution in [3.8, 4) is 0 Å². The first-order valence-corrected chi connectivity index (χ1v) is 9.03. The second-order valence-electron chi connectivity index (χ2n) is 4.81. The number of hydrogen-bond donors (Lipinski definition) is 1. The van der Waals surface area contributed by atoms with Crippen molar-refractivity contribution in [1.82, 2.24) is 4.72 Å². The zero-order valence-corrected chi connectivity index (χ0v) is 12.8. The molecule has 21 heavy (non-hydrogen) atoms. The summed E-state index contributed by atoms with van der Waals surface area (Å²) in [7, 11) is -3.60. The summed E-state index contributed by atoms with van der Waals surface area (Å²) in [4.78, 5) is 1.16. The molecule has 6 heteroatoms. The molecule has 2 aromatic carbocycles. The Hall–Kier alpha value is -1.37. The van der Waals surface area contributed by atoms with E-state index in [2.05, 4.69) is 4.72 Å². The Morgan fingerprint density at radius 2 is 1.90 bits per heavy atom. The predicted octanol–water partition coefficient (Wildman–Crippen LogP) is 3.34. The van der Waals surface area contributed by atoms with Crippen molar-refractivity contribution in [2.24, 2.45) is 0 Å². The molecule has 0 aliphatic carbocycles. The third-order valence-corrected chi connectivity index (χ3v) is 5.97. The van der Waals surface area contributed by atoms with Crippen molar-refractivity contribution in [2.75, 3.05) is 5.75 Å². The summed E-state index contributed by atoms with van der Waals surface area (Å²) in [6.07, 6.45) is 0.646. The minimum Gasteiger partial charge on any atom is -0.207 e. The highest BCUT2D eigenvalue weighted by molar-refractivity contribution is 7.99. The second-order valence-corrected chi connectivity index (χ2v) is 7.66. The van der Waals surface area contributed by atoms with E-state index in [4.69, 9.17) is 0 Å². The minimum absolute atomic E-state index is 0.223. The van der Waals surface area contributed by atoms with Crippen LogP contribution in [0.25, 0.3) is 0 Å². The van der Waals surface area contributed by atoms with Crippen LogP contribution in [0.2, 0.25) is 0 Å². The number of halogens is 1. The summed E-state index contributed by atoms with van der Waals surface area (Å²) < 4.78 is 40.9. The average molecular weight is 323 g/mol. The van der Waals surface area contributed by atoms with Gasteiger partial charge in [-0.25, -0.2) is 17.5 Å². The summed E-state index contributed by atoms with van der Waals surface area (Å²) in [6.45, 7) is 0. The Morgan fingerprint density at radius 1 is 1.14 bits per heavy atom. The molecule has 1 heterocycles. The fourth-order valence-electron chi connectivity index (χ4n) is 2.34. The maximum Gasteiger partial charge on any atom is 0.241 e. The van der Waals surface area contributed by atoms with E-state index in [1.165, 1.54) is 12.1 Å². The lowest BCUT2D eigenvalue weighted by Gasteiger charge is -2.25. The topological polar surface area (TPSA) is 46.2 Å². The van der Waals surface area contributed by atoms with Crippen LogP contribution in [0.5, 0.6) is 0 Å². The quantitative estimate of drug-likeness (QED) is 0.942. The second kappa shape index (κ2) is 5.79. The van der Waals surface area contributed by atoms with Gasteiger partial charge in [0.1, 0.15) is 5.82 Å². The normalized spacial score (nSPS) is 18.2. The van der Waals surface area contributed by atoms with Crippen LogP contribution in [-0.2, 0) is 10.0 Å². The molecular formula is C15H14FNO2S2. The number of fused-ring (bicyclic) bond motifs is 1. The lowest BCUT2D eigenvalue weighted by Crippen LogP contribution is -2.30. The fourth-order valence-corrected chi connectivity index (χ4v) is 4.72. The van der Waals surface area contributed by atoms with Crippen molar-refractivity contribution >= 4 is 21.8 Å². The lowest BCUT2D eigenvalue weighted by atomic mass is 10.0. The summed E-state index contributed by atoms with van der Waals surface area (Å²) in [5.41, 5.74) is 0.714. The van der Waals surface area contributed by atoms with E-state index in [0.29, 0.717) is 12.0 Å². The number of sulfonamides is 1. The monoisotopic (exact) mass is 323 g/mol. The third-order valence-electron chi connectivity index (χ3n) is 3.36. The van der Waals surface area contributed by atoms with E-state index >= 15 is 0 Å². The molecule has 0 aromatic heterocycles. The van der Waals surface area contributed by atoms with E-state index in [1.807, 2.05) is 0 Å². The first kappa shape index (κ1) is 14.6. The van der Waals surface area contributed by atoms with Crippen molar-refractivity contribution in [2.45, 2.75) is 22.3 Å². The third kappa shape index (κ3) is 3.12. The number of hydrogen-bond acceptors (Lipinski definition) is 3. The highest BCUT2D eigenvalue weighted by Crippen LogP contribution is 2.37. The van der Waals surface area contributed by atoms with Gasteiger partial charge in [-0.15, -0.1) is 11.8 Å². The van der Waals surface area contributed by atoms with Crippen molar-refractivity contribution in [3.63, 3.8) is 0 Å². The lowest BCUT2D eigenvalue weighted by molar-refractivity contribution is 0.541. The fraction of sp³-hybridized carbons (Fsp3) is 0.200. The van der Waals surface area contributed by atoms with E-state index in [-0.39, 0.29) is 16.8 Å². The van der Waals surface area contributed by atoms with Gasteiger partial charge in [0.15, 0.2) is 0 Å². The van der Waals surface area contributed by atoms with E-state index in [9.17, 15) is 12.8 Å². The van der Waals surface area contributed by atoms with Gasteiger partial charge in [0, 0.05) is 10.9 Å². The highest BCUT2D eigenvalue weighted by Gasteiger charge is 2.26. The molecule has 1 atom stereocenters. The molecule has 0 unspecified atom stereocenters. The predicted molar refractivity (Wildman–Crippen MR) is 81.2 cm³/mol. The Balaban J connectivity index is 1.92. The molecule has 0 radical (unpaired) electrons. The molecule has 3 nitrogen and oxygen atoms in total. The molecule has 1 aliphatic rings. The van der Waals surface area contributed by atoms with Gasteiger partial charge in [0.25, 0.3) is 0 Å². The Bertz CT molecular complexity index is 748. The smallest absolute Gasteiger partial charge is 0.207 e. The van der Waals surface area contributed by atoms with Crippen LogP contribution in [0.15, 0.2) is 58.3 Å². The maximum atomic E-state index is 13.4. The average Bonchev–Trinajstić information content (AvgIpc) is 2.48. The molecule has 0 fully saturated rings. The van der Waals surface area contributed by atoms with Crippen molar-refractivity contribution in [3.05, 3.63) is 59.9 Å². The van der Waals surface area contributed by atoms with Crippen LogP contribution in [0, 0.1) is 5.82 Å². The molecule has 2 aromatic rings. The first-order valence-electron chi connectivity index (χ1n) is 6.56. The van der Waals surface area contributed by atoms with E-state index in [1.54, 1.807) is 48.2 Å². The molecule has 0 amide bonds. The van der Waals surface area contributed by atoms with Crippen LogP contribution in [-0.4, -0.2) is 14.2 Å². The van der Waals surface area contributed by atoms with Gasteiger partial charge in [-0.1, -0.05) is 18.2 Å². The number of nitrogens with one attached hydrogen (secondary N) is 1. The van der Waals surface area contributed by atoms with Gasteiger partial charge in [-0.2, -0.15) is 0 Å². The molecule has 3 rings (SSSR count). The van der Waals surface area contributed by atoms with Crippen molar-refractivity contribution in [1.29, 1.82) is 0 Å². The molecule has 110 valence electrons.